The zero-order valence-electron chi connectivity index (χ0n) is 11.7. The molecule has 3 aliphatic rings. The van der Waals surface area contributed by atoms with Gasteiger partial charge < -0.3 is 5.73 Å². The van der Waals surface area contributed by atoms with Crippen LogP contribution in [0.1, 0.15) is 33.1 Å². The number of hydrogen-bond acceptors (Lipinski definition) is 2. The molecule has 1 saturated carbocycles. The highest BCUT2D eigenvalue weighted by Crippen LogP contribution is 2.45. The maximum atomic E-state index is 6.28. The monoisotopic (exact) mass is 244 g/mol. The van der Waals surface area contributed by atoms with Crippen LogP contribution in [0.5, 0.6) is 0 Å². The molecule has 0 spiro atoms. The van der Waals surface area contributed by atoms with E-state index in [4.69, 9.17) is 5.73 Å². The second-order valence-electron chi connectivity index (χ2n) is 6.30. The van der Waals surface area contributed by atoms with Gasteiger partial charge in [0, 0.05) is 24.2 Å². The molecule has 0 aromatic heterocycles. The molecule has 3 unspecified atom stereocenters. The van der Waals surface area contributed by atoms with Crippen molar-refractivity contribution in [3.63, 3.8) is 0 Å². The summed E-state index contributed by atoms with van der Waals surface area (Å²) in [7, 11) is 2.27. The smallest absolute Gasteiger partial charge is 0.0205 e. The van der Waals surface area contributed by atoms with Crippen LogP contribution in [0.3, 0.4) is 0 Å². The Kier molecular flexibility index (Phi) is 2.86. The van der Waals surface area contributed by atoms with E-state index in [1.165, 1.54) is 23.1 Å². The molecule has 0 saturated heterocycles. The number of nitrogens with two attached hydrogens (primary N) is 1. The van der Waals surface area contributed by atoms with Crippen LogP contribution in [-0.4, -0.2) is 24.5 Å². The Labute approximate surface area is 110 Å². The first kappa shape index (κ1) is 12.0. The highest BCUT2D eigenvalue weighted by Gasteiger charge is 2.39. The molecule has 2 N–H and O–H groups in total. The summed E-state index contributed by atoms with van der Waals surface area (Å²) < 4.78 is 0. The molecule has 3 atom stereocenters. The van der Waals surface area contributed by atoms with Gasteiger partial charge in [-0.25, -0.2) is 0 Å². The molecule has 0 radical (unpaired) electrons. The van der Waals surface area contributed by atoms with Gasteiger partial charge >= 0.3 is 0 Å². The predicted molar refractivity (Wildman–Crippen MR) is 76.0 cm³/mol. The van der Waals surface area contributed by atoms with E-state index >= 15 is 0 Å². The lowest BCUT2D eigenvalue weighted by Crippen LogP contribution is -2.47. The number of nitrogens with zero attached hydrogens (tertiary/aromatic N) is 1. The molecule has 1 aliphatic heterocycles. The van der Waals surface area contributed by atoms with E-state index in [-0.39, 0.29) is 0 Å². The first-order valence-electron chi connectivity index (χ1n) is 7.14. The zero-order valence-corrected chi connectivity index (χ0v) is 11.7. The number of hydrogen-bond donors (Lipinski definition) is 1. The molecule has 2 nitrogen and oxygen atoms in total. The number of rotatable bonds is 0. The number of fused-ring (bicyclic) bond motifs is 3. The summed E-state index contributed by atoms with van der Waals surface area (Å²) in [6.07, 6.45) is 8.36. The van der Waals surface area contributed by atoms with Crippen molar-refractivity contribution in [2.75, 3.05) is 13.6 Å². The molecule has 1 heterocycles. The van der Waals surface area contributed by atoms with Crippen molar-refractivity contribution >= 4 is 0 Å². The van der Waals surface area contributed by atoms with Crippen molar-refractivity contribution in [1.29, 1.82) is 0 Å². The molecule has 3 rings (SSSR count). The van der Waals surface area contributed by atoms with E-state index < -0.39 is 0 Å². The van der Waals surface area contributed by atoms with Gasteiger partial charge in [0.1, 0.15) is 0 Å². The topological polar surface area (TPSA) is 29.3 Å². The Hall–Kier alpha value is -1.02. The molecule has 2 aliphatic carbocycles. The third-order valence-electron chi connectivity index (χ3n) is 4.83. The molecule has 0 aromatic carbocycles. The maximum Gasteiger partial charge on any atom is 0.0205 e. The summed E-state index contributed by atoms with van der Waals surface area (Å²) in [6.45, 7) is 5.72. The van der Waals surface area contributed by atoms with Crippen molar-refractivity contribution in [2.45, 2.75) is 39.2 Å². The van der Waals surface area contributed by atoms with Crippen molar-refractivity contribution in [1.82, 2.24) is 4.90 Å². The summed E-state index contributed by atoms with van der Waals surface area (Å²) in [5.41, 5.74) is 11.9. The van der Waals surface area contributed by atoms with Crippen LogP contribution >= 0.6 is 0 Å². The van der Waals surface area contributed by atoms with Gasteiger partial charge in [-0.05, 0) is 50.3 Å². The molecule has 18 heavy (non-hydrogen) atoms. The molecule has 1 fully saturated rings. The van der Waals surface area contributed by atoms with Gasteiger partial charge in [-0.1, -0.05) is 24.6 Å². The Morgan fingerprint density at radius 1 is 1.39 bits per heavy atom. The predicted octanol–water partition coefficient (Wildman–Crippen LogP) is 2.84. The van der Waals surface area contributed by atoms with E-state index in [0.29, 0.717) is 17.9 Å². The van der Waals surface area contributed by atoms with E-state index in [9.17, 15) is 0 Å². The first-order valence-corrected chi connectivity index (χ1v) is 7.14. The molecule has 0 bridgehead atoms. The summed E-state index contributed by atoms with van der Waals surface area (Å²) in [6, 6.07) is 0.671. The van der Waals surface area contributed by atoms with E-state index in [1.54, 1.807) is 0 Å². The summed E-state index contributed by atoms with van der Waals surface area (Å²) in [4.78, 5) is 2.53. The number of likely N-dealkylation sites (N-methyl/N-ethyl adjacent to an activating group) is 1. The maximum absolute atomic E-state index is 6.28. The SMILES string of the molecule is CC1=CC2C3=CCCC(N)=C3C(C)CC2N(C)C1. The van der Waals surface area contributed by atoms with Crippen LogP contribution in [0, 0.1) is 11.8 Å². The lowest BCUT2D eigenvalue weighted by atomic mass is 9.67. The molecule has 0 aromatic rings. The second-order valence-corrected chi connectivity index (χ2v) is 6.30. The fourth-order valence-electron chi connectivity index (χ4n) is 4.09. The normalized spacial score (nSPS) is 36.7. The standard InChI is InChI=1S/C16H24N2/c1-10-7-13-12-5-4-6-14(17)16(12)11(2)8-15(13)18(3)9-10/h5,7,11,13,15H,4,6,8-9,17H2,1-3H3. The third-order valence-corrected chi connectivity index (χ3v) is 4.83. The molecular formula is C16H24N2. The summed E-state index contributed by atoms with van der Waals surface area (Å²) >= 11 is 0. The third kappa shape index (κ3) is 1.74. The lowest BCUT2D eigenvalue weighted by molar-refractivity contribution is 0.172. The first-order chi connectivity index (χ1) is 8.58. The summed E-state index contributed by atoms with van der Waals surface area (Å²) in [5, 5.41) is 0. The highest BCUT2D eigenvalue weighted by atomic mass is 15.1. The quantitative estimate of drug-likeness (QED) is 0.664. The minimum absolute atomic E-state index is 0.578. The molecular weight excluding hydrogens is 220 g/mol. The number of allylic oxidation sites excluding steroid dienone is 3. The van der Waals surface area contributed by atoms with Crippen molar-refractivity contribution in [2.24, 2.45) is 17.6 Å². The molecule has 2 heteroatoms. The van der Waals surface area contributed by atoms with Gasteiger partial charge in [-0.15, -0.1) is 0 Å². The average Bonchev–Trinajstić information content (AvgIpc) is 2.31. The van der Waals surface area contributed by atoms with Crippen LogP contribution in [0.4, 0.5) is 0 Å². The molecule has 0 amide bonds. The Balaban J connectivity index is 2.06. The highest BCUT2D eigenvalue weighted by molar-refractivity contribution is 5.46. The second kappa shape index (κ2) is 4.27. The zero-order chi connectivity index (χ0) is 12.9. The summed E-state index contributed by atoms with van der Waals surface area (Å²) in [5.74, 6) is 1.20. The Morgan fingerprint density at radius 3 is 2.94 bits per heavy atom. The van der Waals surface area contributed by atoms with Crippen LogP contribution in [0.2, 0.25) is 0 Å². The van der Waals surface area contributed by atoms with Crippen LogP contribution in [0.25, 0.3) is 0 Å². The fourth-order valence-corrected chi connectivity index (χ4v) is 4.09. The average molecular weight is 244 g/mol. The van der Waals surface area contributed by atoms with Gasteiger partial charge in [-0.2, -0.15) is 0 Å². The lowest BCUT2D eigenvalue weighted by Gasteiger charge is -2.46. The van der Waals surface area contributed by atoms with Gasteiger partial charge in [0.25, 0.3) is 0 Å². The minimum atomic E-state index is 0.578. The van der Waals surface area contributed by atoms with Gasteiger partial charge in [0.2, 0.25) is 0 Å². The molecule has 98 valence electrons. The van der Waals surface area contributed by atoms with Gasteiger partial charge in [0.15, 0.2) is 0 Å². The van der Waals surface area contributed by atoms with Crippen LogP contribution in [0.15, 0.2) is 34.6 Å². The fraction of sp³-hybridized carbons (Fsp3) is 0.625. The van der Waals surface area contributed by atoms with E-state index in [1.807, 2.05) is 0 Å². The minimum Gasteiger partial charge on any atom is -0.402 e. The van der Waals surface area contributed by atoms with Crippen molar-refractivity contribution < 1.29 is 0 Å². The van der Waals surface area contributed by atoms with Gasteiger partial charge in [-0.3, -0.25) is 4.90 Å². The van der Waals surface area contributed by atoms with Crippen LogP contribution in [-0.2, 0) is 0 Å². The Bertz CT molecular complexity index is 456. The largest absolute Gasteiger partial charge is 0.402 e. The van der Waals surface area contributed by atoms with E-state index in [0.717, 1.165) is 25.1 Å². The van der Waals surface area contributed by atoms with Crippen LogP contribution < -0.4 is 5.73 Å². The van der Waals surface area contributed by atoms with E-state index in [2.05, 4.69) is 37.9 Å². The van der Waals surface area contributed by atoms with Gasteiger partial charge in [0.05, 0.1) is 0 Å². The Morgan fingerprint density at radius 2 is 2.17 bits per heavy atom. The van der Waals surface area contributed by atoms with Crippen molar-refractivity contribution in [3.05, 3.63) is 34.6 Å². The van der Waals surface area contributed by atoms with Crippen molar-refractivity contribution in [3.8, 4) is 0 Å².